The van der Waals surface area contributed by atoms with E-state index in [4.69, 9.17) is 5.11 Å². The van der Waals surface area contributed by atoms with E-state index >= 15 is 0 Å². The predicted octanol–water partition coefficient (Wildman–Crippen LogP) is 2.74. The molecule has 26 heavy (non-hydrogen) atoms. The summed E-state index contributed by atoms with van der Waals surface area (Å²) in [4.78, 5) is 22.9. The van der Waals surface area contributed by atoms with Gasteiger partial charge in [-0.05, 0) is 36.6 Å². The topological polar surface area (TPSA) is 98.7 Å². The molecule has 2 atom stereocenters. The quantitative estimate of drug-likeness (QED) is 0.584. The minimum atomic E-state index is -0.979. The van der Waals surface area contributed by atoms with Gasteiger partial charge in [0.25, 0.3) is 0 Å². The summed E-state index contributed by atoms with van der Waals surface area (Å²) in [7, 11) is 0. The molecule has 0 spiro atoms. The van der Waals surface area contributed by atoms with E-state index in [1.807, 2.05) is 30.3 Å². The molecule has 0 saturated carbocycles. The number of aromatic carboxylic acids is 1. The fourth-order valence-electron chi connectivity index (χ4n) is 2.70. The number of nitrogens with one attached hydrogen (secondary N) is 2. The lowest BCUT2D eigenvalue weighted by atomic mass is 9.93. The molecule has 0 saturated heterocycles. The largest absolute Gasteiger partial charge is 0.478 e. The third kappa shape index (κ3) is 6.22. The molecule has 0 heterocycles. The van der Waals surface area contributed by atoms with Crippen molar-refractivity contribution in [2.45, 2.75) is 31.9 Å². The highest BCUT2D eigenvalue weighted by atomic mass is 16.4. The third-order valence-electron chi connectivity index (χ3n) is 4.06. The Labute approximate surface area is 152 Å². The fourth-order valence-corrected chi connectivity index (χ4v) is 2.70. The van der Waals surface area contributed by atoms with Gasteiger partial charge in [0.15, 0.2) is 0 Å². The molecule has 6 heteroatoms. The Balaban J connectivity index is 1.84. The first-order valence-electron chi connectivity index (χ1n) is 8.52. The molecule has 2 unspecified atom stereocenters. The van der Waals surface area contributed by atoms with Crippen LogP contribution >= 0.6 is 0 Å². The van der Waals surface area contributed by atoms with Gasteiger partial charge in [-0.3, -0.25) is 0 Å². The molecule has 0 aromatic heterocycles. The number of hydrogen-bond donors (Lipinski definition) is 4. The molecule has 0 radical (unpaired) electrons. The first kappa shape index (κ1) is 19.5. The molecule has 0 fully saturated rings. The van der Waals surface area contributed by atoms with Crippen LogP contribution < -0.4 is 10.6 Å². The van der Waals surface area contributed by atoms with Crippen LogP contribution in [-0.2, 0) is 6.54 Å². The molecule has 6 nitrogen and oxygen atoms in total. The maximum Gasteiger partial charge on any atom is 0.335 e. The number of carboxylic acids is 1. The van der Waals surface area contributed by atoms with Gasteiger partial charge in [0.1, 0.15) is 0 Å². The highest BCUT2D eigenvalue weighted by Gasteiger charge is 2.15. The van der Waals surface area contributed by atoms with Gasteiger partial charge >= 0.3 is 12.0 Å². The highest BCUT2D eigenvalue weighted by Crippen LogP contribution is 2.20. The van der Waals surface area contributed by atoms with E-state index in [9.17, 15) is 14.7 Å². The molecule has 0 aliphatic carbocycles. The van der Waals surface area contributed by atoms with Crippen LogP contribution in [0, 0.1) is 0 Å². The van der Waals surface area contributed by atoms with Crippen LogP contribution in [0.15, 0.2) is 54.6 Å². The highest BCUT2D eigenvalue weighted by molar-refractivity contribution is 5.87. The normalized spacial score (nSPS) is 12.8. The minimum absolute atomic E-state index is 0.0248. The first-order valence-corrected chi connectivity index (χ1v) is 8.52. The summed E-state index contributed by atoms with van der Waals surface area (Å²) in [6, 6.07) is 15.8. The number of carboxylic acid groups (broad SMARTS) is 1. The number of aliphatic hydroxyl groups excluding tert-OH is 1. The Morgan fingerprint density at radius 3 is 2.23 bits per heavy atom. The number of amides is 2. The zero-order valence-corrected chi connectivity index (χ0v) is 14.7. The maximum absolute atomic E-state index is 12.0. The molecular weight excluding hydrogens is 332 g/mol. The number of benzene rings is 2. The van der Waals surface area contributed by atoms with Gasteiger partial charge in [-0.1, -0.05) is 42.5 Å². The van der Waals surface area contributed by atoms with Crippen LogP contribution in [0.1, 0.15) is 40.7 Å². The van der Waals surface area contributed by atoms with Crippen molar-refractivity contribution in [2.24, 2.45) is 0 Å². The van der Waals surface area contributed by atoms with Crippen molar-refractivity contribution in [2.75, 3.05) is 6.54 Å². The van der Waals surface area contributed by atoms with Crippen molar-refractivity contribution in [3.8, 4) is 0 Å². The van der Waals surface area contributed by atoms with Gasteiger partial charge in [-0.15, -0.1) is 0 Å². The molecule has 2 amide bonds. The summed E-state index contributed by atoms with van der Waals surface area (Å²) < 4.78 is 0. The lowest BCUT2D eigenvalue weighted by Gasteiger charge is -2.20. The second-order valence-electron chi connectivity index (χ2n) is 6.26. The van der Waals surface area contributed by atoms with Crippen molar-refractivity contribution < 1.29 is 19.8 Å². The van der Waals surface area contributed by atoms with E-state index in [0.717, 1.165) is 11.1 Å². The van der Waals surface area contributed by atoms with Crippen LogP contribution in [0.2, 0.25) is 0 Å². The lowest BCUT2D eigenvalue weighted by molar-refractivity contribution is 0.0697. The van der Waals surface area contributed by atoms with Gasteiger partial charge in [-0.25, -0.2) is 9.59 Å². The van der Waals surface area contributed by atoms with Gasteiger partial charge < -0.3 is 20.8 Å². The Morgan fingerprint density at radius 2 is 1.65 bits per heavy atom. The second kappa shape index (κ2) is 9.58. The molecule has 2 rings (SSSR count). The number of hydrogen-bond acceptors (Lipinski definition) is 3. The van der Waals surface area contributed by atoms with Crippen LogP contribution in [-0.4, -0.2) is 34.9 Å². The number of carbonyl (C=O) groups is 2. The summed E-state index contributed by atoms with van der Waals surface area (Å²) in [5.74, 6) is -0.955. The van der Waals surface area contributed by atoms with Gasteiger partial charge in [-0.2, -0.15) is 0 Å². The minimum Gasteiger partial charge on any atom is -0.478 e. The Hall–Kier alpha value is -2.86. The fraction of sp³-hybridized carbons (Fsp3) is 0.300. The van der Waals surface area contributed by atoms with Crippen LogP contribution in [0.3, 0.4) is 0 Å². The number of rotatable bonds is 8. The van der Waals surface area contributed by atoms with Crippen molar-refractivity contribution in [3.63, 3.8) is 0 Å². The molecule has 0 aliphatic rings. The second-order valence-corrected chi connectivity index (χ2v) is 6.26. The molecule has 0 bridgehead atoms. The van der Waals surface area contributed by atoms with Crippen molar-refractivity contribution >= 4 is 12.0 Å². The standard InChI is InChI=1S/C20H24N2O4/c1-14(23)11-18(16-5-3-2-4-6-16)13-22-20(26)21-12-15-7-9-17(10-8-15)19(24)25/h2-10,14,18,23H,11-13H2,1H3,(H,24,25)(H2,21,22,26). The zero-order chi connectivity index (χ0) is 18.9. The Bertz CT molecular complexity index is 714. The Morgan fingerprint density at radius 1 is 1.00 bits per heavy atom. The van der Waals surface area contributed by atoms with Crippen LogP contribution in [0.4, 0.5) is 4.79 Å². The predicted molar refractivity (Wildman–Crippen MR) is 99.1 cm³/mol. The average Bonchev–Trinajstić information content (AvgIpc) is 2.64. The van der Waals surface area contributed by atoms with Crippen molar-refractivity contribution in [1.82, 2.24) is 10.6 Å². The van der Waals surface area contributed by atoms with E-state index in [0.29, 0.717) is 19.5 Å². The molecule has 4 N–H and O–H groups in total. The van der Waals surface area contributed by atoms with E-state index < -0.39 is 12.1 Å². The smallest absolute Gasteiger partial charge is 0.335 e. The van der Waals surface area contributed by atoms with E-state index in [2.05, 4.69) is 10.6 Å². The van der Waals surface area contributed by atoms with E-state index in [-0.39, 0.29) is 17.5 Å². The molecule has 2 aromatic carbocycles. The van der Waals surface area contributed by atoms with Crippen LogP contribution in [0.25, 0.3) is 0 Å². The monoisotopic (exact) mass is 356 g/mol. The summed E-state index contributed by atoms with van der Waals surface area (Å²) in [5.41, 5.74) is 2.09. The maximum atomic E-state index is 12.0. The SMILES string of the molecule is CC(O)CC(CNC(=O)NCc1ccc(C(=O)O)cc1)c1ccccc1. The number of urea groups is 1. The van der Waals surface area contributed by atoms with Gasteiger partial charge in [0, 0.05) is 19.0 Å². The van der Waals surface area contributed by atoms with Gasteiger partial charge in [0.2, 0.25) is 0 Å². The molecule has 2 aromatic rings. The summed E-state index contributed by atoms with van der Waals surface area (Å²) in [5, 5.41) is 24.1. The van der Waals surface area contributed by atoms with E-state index in [1.165, 1.54) is 12.1 Å². The number of aliphatic hydroxyl groups is 1. The van der Waals surface area contributed by atoms with Crippen molar-refractivity contribution in [1.29, 1.82) is 0 Å². The molecular formula is C20H24N2O4. The van der Waals surface area contributed by atoms with Crippen LogP contribution in [0.5, 0.6) is 0 Å². The number of carbonyl (C=O) groups excluding carboxylic acids is 1. The summed E-state index contributed by atoms with van der Waals surface area (Å²) >= 11 is 0. The Kier molecular flexibility index (Phi) is 7.17. The average molecular weight is 356 g/mol. The first-order chi connectivity index (χ1) is 12.5. The van der Waals surface area contributed by atoms with Crippen molar-refractivity contribution in [3.05, 3.63) is 71.3 Å². The molecule has 138 valence electrons. The summed E-state index contributed by atoms with van der Waals surface area (Å²) in [6.45, 7) is 2.45. The third-order valence-corrected chi connectivity index (χ3v) is 4.06. The summed E-state index contributed by atoms with van der Waals surface area (Å²) in [6.07, 6.45) is 0.0961. The zero-order valence-electron chi connectivity index (χ0n) is 14.7. The molecule has 0 aliphatic heterocycles. The lowest BCUT2D eigenvalue weighted by Crippen LogP contribution is -2.37. The van der Waals surface area contributed by atoms with Gasteiger partial charge in [0.05, 0.1) is 11.7 Å². The van der Waals surface area contributed by atoms with E-state index in [1.54, 1.807) is 19.1 Å².